The quantitative estimate of drug-likeness (QED) is 0.420. The summed E-state index contributed by atoms with van der Waals surface area (Å²) in [4.78, 5) is 43.0. The third-order valence-corrected chi connectivity index (χ3v) is 5.18. The number of benzene rings is 2. The summed E-state index contributed by atoms with van der Waals surface area (Å²) in [6.45, 7) is 0.142. The number of esters is 1. The van der Waals surface area contributed by atoms with Crippen molar-refractivity contribution in [2.45, 2.75) is 31.8 Å². The van der Waals surface area contributed by atoms with Gasteiger partial charge in [-0.1, -0.05) is 60.7 Å². The van der Waals surface area contributed by atoms with Crippen LogP contribution in [0.1, 0.15) is 17.5 Å². The van der Waals surface area contributed by atoms with Crippen molar-refractivity contribution in [2.75, 3.05) is 6.54 Å². The predicted octanol–water partition coefficient (Wildman–Crippen LogP) is 3.39. The Balaban J connectivity index is 1.42. The number of aromatic nitrogens is 2. The lowest BCUT2D eigenvalue weighted by molar-refractivity contribution is -0.149. The Hall–Kier alpha value is -4.14. The van der Waals surface area contributed by atoms with E-state index in [-0.39, 0.29) is 26.2 Å². The van der Waals surface area contributed by atoms with Crippen molar-refractivity contribution in [1.29, 1.82) is 0 Å². The molecule has 3 aromatic rings. The van der Waals surface area contributed by atoms with Gasteiger partial charge in [0.2, 0.25) is 0 Å². The van der Waals surface area contributed by atoms with Crippen LogP contribution in [0.15, 0.2) is 79.4 Å². The Labute approximate surface area is 190 Å². The molecule has 1 fully saturated rings. The molecule has 0 radical (unpaired) electrons. The Morgan fingerprint density at radius 3 is 2.12 bits per heavy atom. The maximum atomic E-state index is 12.8. The zero-order valence-corrected chi connectivity index (χ0v) is 17.8. The summed E-state index contributed by atoms with van der Waals surface area (Å²) in [5.41, 5.74) is 1.64. The Morgan fingerprint density at radius 1 is 0.879 bits per heavy atom. The molecule has 0 spiro atoms. The van der Waals surface area contributed by atoms with E-state index in [4.69, 9.17) is 14.2 Å². The molecule has 1 amide bonds. The Morgan fingerprint density at radius 2 is 1.52 bits per heavy atom. The van der Waals surface area contributed by atoms with Crippen LogP contribution in [0, 0.1) is 0 Å². The van der Waals surface area contributed by atoms with Crippen LogP contribution in [0.4, 0.5) is 9.59 Å². The van der Waals surface area contributed by atoms with Crippen molar-refractivity contribution in [3.8, 4) is 0 Å². The lowest BCUT2D eigenvalue weighted by atomic mass is 10.2. The molecule has 4 rings (SSSR count). The summed E-state index contributed by atoms with van der Waals surface area (Å²) in [5.74, 6) is -0.586. The van der Waals surface area contributed by atoms with Crippen LogP contribution in [0.2, 0.25) is 0 Å². The zero-order valence-electron chi connectivity index (χ0n) is 17.8. The van der Waals surface area contributed by atoms with E-state index < -0.39 is 30.3 Å². The first-order valence-corrected chi connectivity index (χ1v) is 10.5. The monoisotopic (exact) mass is 449 g/mol. The largest absolute Gasteiger partial charge is 0.459 e. The van der Waals surface area contributed by atoms with Crippen molar-refractivity contribution < 1.29 is 28.6 Å². The van der Waals surface area contributed by atoms with Crippen molar-refractivity contribution in [1.82, 2.24) is 14.5 Å². The van der Waals surface area contributed by atoms with Gasteiger partial charge in [-0.05, 0) is 11.1 Å². The molecule has 0 N–H and O–H groups in total. The zero-order chi connectivity index (χ0) is 23.0. The summed E-state index contributed by atoms with van der Waals surface area (Å²) < 4.78 is 17.5. The second kappa shape index (κ2) is 10.4. The standard InChI is InChI=1S/C24H23N3O6/c28-22(31-15-18-7-3-1-4-8-18)21-13-20(33-23(29)26-12-11-25-17-26)14-27(21)24(30)32-16-19-9-5-2-6-10-19/h1-12,17,20-21H,13-16H2/t20-,21+/m1/s1. The van der Waals surface area contributed by atoms with E-state index in [2.05, 4.69) is 4.98 Å². The van der Waals surface area contributed by atoms with Gasteiger partial charge in [0.25, 0.3) is 0 Å². The molecule has 0 unspecified atom stereocenters. The molecule has 2 aromatic carbocycles. The summed E-state index contributed by atoms with van der Waals surface area (Å²) in [6.07, 6.45) is 2.30. The minimum Gasteiger partial charge on any atom is -0.459 e. The van der Waals surface area contributed by atoms with Crippen molar-refractivity contribution in [2.24, 2.45) is 0 Å². The van der Waals surface area contributed by atoms with Crippen LogP contribution in [-0.2, 0) is 32.2 Å². The smallest absolute Gasteiger partial charge is 0.419 e. The van der Waals surface area contributed by atoms with Gasteiger partial charge in [-0.3, -0.25) is 4.90 Å². The highest BCUT2D eigenvalue weighted by Crippen LogP contribution is 2.24. The molecule has 2 atom stereocenters. The van der Waals surface area contributed by atoms with E-state index in [0.29, 0.717) is 0 Å². The molecule has 9 nitrogen and oxygen atoms in total. The molecule has 1 saturated heterocycles. The van der Waals surface area contributed by atoms with E-state index >= 15 is 0 Å². The van der Waals surface area contributed by atoms with E-state index in [1.54, 1.807) is 0 Å². The lowest BCUT2D eigenvalue weighted by Gasteiger charge is -2.22. The molecule has 1 aromatic heterocycles. The minimum atomic E-state index is -0.933. The maximum Gasteiger partial charge on any atom is 0.419 e. The number of hydrogen-bond acceptors (Lipinski definition) is 7. The van der Waals surface area contributed by atoms with Gasteiger partial charge in [-0.2, -0.15) is 0 Å². The third kappa shape index (κ3) is 5.76. The van der Waals surface area contributed by atoms with Gasteiger partial charge < -0.3 is 14.2 Å². The number of amides is 1. The van der Waals surface area contributed by atoms with Crippen molar-refractivity contribution in [3.05, 3.63) is 90.5 Å². The highest BCUT2D eigenvalue weighted by Gasteiger charge is 2.43. The molecule has 0 bridgehead atoms. The number of hydrogen-bond donors (Lipinski definition) is 0. The van der Waals surface area contributed by atoms with Gasteiger partial charge in [-0.25, -0.2) is 23.9 Å². The number of imidazole rings is 1. The summed E-state index contributed by atoms with van der Waals surface area (Å²) in [7, 11) is 0. The molecular formula is C24H23N3O6. The summed E-state index contributed by atoms with van der Waals surface area (Å²) in [5, 5.41) is 0. The normalized spacial score (nSPS) is 17.4. The van der Waals surface area contributed by atoms with Gasteiger partial charge in [0, 0.05) is 18.8 Å². The van der Waals surface area contributed by atoms with Crippen LogP contribution >= 0.6 is 0 Å². The molecular weight excluding hydrogens is 426 g/mol. The minimum absolute atomic E-state index is 0.0131. The molecule has 0 aliphatic carbocycles. The van der Waals surface area contributed by atoms with Crippen LogP contribution in [0.3, 0.4) is 0 Å². The highest BCUT2D eigenvalue weighted by atomic mass is 16.6. The van der Waals surface area contributed by atoms with Gasteiger partial charge in [0.15, 0.2) is 0 Å². The van der Waals surface area contributed by atoms with Crippen LogP contribution in [-0.4, -0.2) is 51.3 Å². The molecule has 33 heavy (non-hydrogen) atoms. The maximum absolute atomic E-state index is 12.8. The number of carbonyl (C=O) groups excluding carboxylic acids is 3. The number of likely N-dealkylation sites (tertiary alicyclic amines) is 1. The number of ether oxygens (including phenoxy) is 3. The fourth-order valence-corrected chi connectivity index (χ4v) is 3.51. The molecule has 2 heterocycles. The molecule has 9 heteroatoms. The van der Waals surface area contributed by atoms with Crippen molar-refractivity contribution >= 4 is 18.2 Å². The van der Waals surface area contributed by atoms with Gasteiger partial charge in [0.05, 0.1) is 6.54 Å². The average molecular weight is 449 g/mol. The van der Waals surface area contributed by atoms with E-state index in [9.17, 15) is 14.4 Å². The predicted molar refractivity (Wildman–Crippen MR) is 116 cm³/mol. The molecule has 1 aliphatic rings. The van der Waals surface area contributed by atoms with Gasteiger partial charge >= 0.3 is 18.2 Å². The summed E-state index contributed by atoms with van der Waals surface area (Å²) >= 11 is 0. The van der Waals surface area contributed by atoms with Gasteiger partial charge in [-0.15, -0.1) is 0 Å². The first-order chi connectivity index (χ1) is 16.1. The molecule has 170 valence electrons. The topological polar surface area (TPSA) is 100.0 Å². The fourth-order valence-electron chi connectivity index (χ4n) is 3.51. The highest BCUT2D eigenvalue weighted by molar-refractivity contribution is 5.82. The number of carbonyl (C=O) groups is 3. The van der Waals surface area contributed by atoms with Crippen LogP contribution in [0.5, 0.6) is 0 Å². The van der Waals surface area contributed by atoms with E-state index in [0.717, 1.165) is 11.1 Å². The first-order valence-electron chi connectivity index (χ1n) is 10.5. The molecule has 0 saturated carbocycles. The second-order valence-electron chi connectivity index (χ2n) is 7.51. The lowest BCUT2D eigenvalue weighted by Crippen LogP contribution is -2.41. The van der Waals surface area contributed by atoms with E-state index in [1.807, 2.05) is 60.7 Å². The van der Waals surface area contributed by atoms with E-state index in [1.165, 1.54) is 28.2 Å². The second-order valence-corrected chi connectivity index (χ2v) is 7.51. The Kier molecular flexibility index (Phi) is 6.99. The Bertz CT molecular complexity index is 1010. The summed E-state index contributed by atoms with van der Waals surface area (Å²) in [6, 6.07) is 17.5. The number of nitrogens with zero attached hydrogens (tertiary/aromatic N) is 3. The average Bonchev–Trinajstić information content (AvgIpc) is 3.53. The fraction of sp³-hybridized carbons (Fsp3) is 0.250. The number of rotatable bonds is 6. The van der Waals surface area contributed by atoms with Crippen molar-refractivity contribution in [3.63, 3.8) is 0 Å². The van der Waals surface area contributed by atoms with Crippen LogP contribution < -0.4 is 0 Å². The van der Waals surface area contributed by atoms with Gasteiger partial charge in [0.1, 0.15) is 31.7 Å². The molecule has 1 aliphatic heterocycles. The third-order valence-electron chi connectivity index (χ3n) is 5.18. The van der Waals surface area contributed by atoms with Crippen LogP contribution in [0.25, 0.3) is 0 Å². The first kappa shape index (κ1) is 22.1. The SMILES string of the molecule is O=C(OCc1ccccc1)[C@@H]1C[C@@H](OC(=O)n2ccnc2)CN1C(=O)OCc1ccccc1.